The highest BCUT2D eigenvalue weighted by atomic mass is 35.5. The number of ether oxygens (including phenoxy) is 1. The van der Waals surface area contributed by atoms with Crippen molar-refractivity contribution in [3.05, 3.63) is 65.2 Å². The van der Waals surface area contributed by atoms with Crippen LogP contribution in [0.1, 0.15) is 12.0 Å². The number of urea groups is 1. The molecule has 1 saturated heterocycles. The summed E-state index contributed by atoms with van der Waals surface area (Å²) in [6.07, 6.45) is 0.00206. The Morgan fingerprint density at radius 2 is 1.68 bits per heavy atom. The van der Waals surface area contributed by atoms with E-state index in [1.54, 1.807) is 34.1 Å². The Balaban J connectivity index is 1.40. The van der Waals surface area contributed by atoms with Gasteiger partial charge < -0.3 is 25.2 Å². The molecular formula is C22H25ClN4O4. The van der Waals surface area contributed by atoms with Crippen molar-refractivity contribution in [2.75, 3.05) is 38.0 Å². The molecule has 0 saturated carbocycles. The van der Waals surface area contributed by atoms with Crippen molar-refractivity contribution in [2.45, 2.75) is 13.0 Å². The van der Waals surface area contributed by atoms with Gasteiger partial charge in [0.1, 0.15) is 13.2 Å². The van der Waals surface area contributed by atoms with Crippen LogP contribution in [-0.2, 0) is 16.1 Å². The van der Waals surface area contributed by atoms with Crippen LogP contribution in [0.4, 0.5) is 15.3 Å². The highest BCUT2D eigenvalue weighted by Crippen LogP contribution is 2.16. The number of carbonyl (C=O) groups is 3. The molecule has 1 aliphatic heterocycles. The van der Waals surface area contributed by atoms with E-state index >= 15 is 0 Å². The van der Waals surface area contributed by atoms with E-state index in [1.807, 2.05) is 30.3 Å². The summed E-state index contributed by atoms with van der Waals surface area (Å²) in [5, 5.41) is 5.84. The molecule has 8 nitrogen and oxygen atoms in total. The molecule has 4 amide bonds. The van der Waals surface area contributed by atoms with Gasteiger partial charge in [-0.15, -0.1) is 0 Å². The van der Waals surface area contributed by atoms with Crippen LogP contribution in [0, 0.1) is 0 Å². The number of rotatable bonds is 5. The summed E-state index contributed by atoms with van der Waals surface area (Å²) in [6.45, 7) is 1.83. The second kappa shape index (κ2) is 11.2. The zero-order chi connectivity index (χ0) is 22.1. The minimum atomic E-state index is -0.644. The van der Waals surface area contributed by atoms with Crippen molar-refractivity contribution < 1.29 is 19.1 Å². The van der Waals surface area contributed by atoms with Gasteiger partial charge in [0, 0.05) is 36.9 Å². The zero-order valence-corrected chi connectivity index (χ0v) is 17.8. The first kappa shape index (κ1) is 22.4. The van der Waals surface area contributed by atoms with Gasteiger partial charge in [-0.2, -0.15) is 0 Å². The Morgan fingerprint density at radius 1 is 0.935 bits per heavy atom. The van der Waals surface area contributed by atoms with E-state index in [0.29, 0.717) is 43.3 Å². The van der Waals surface area contributed by atoms with Gasteiger partial charge in [-0.25, -0.2) is 9.59 Å². The molecule has 1 aliphatic rings. The summed E-state index contributed by atoms with van der Waals surface area (Å²) >= 11 is 5.95. The number of anilines is 1. The predicted octanol–water partition coefficient (Wildman–Crippen LogP) is 3.33. The lowest BCUT2D eigenvalue weighted by Gasteiger charge is -2.22. The van der Waals surface area contributed by atoms with Crippen LogP contribution in [0.25, 0.3) is 0 Å². The van der Waals surface area contributed by atoms with Gasteiger partial charge in [-0.3, -0.25) is 4.79 Å². The molecule has 0 unspecified atom stereocenters. The first-order chi connectivity index (χ1) is 15.0. The Kier molecular flexibility index (Phi) is 8.12. The number of amides is 4. The lowest BCUT2D eigenvalue weighted by atomic mass is 10.2. The van der Waals surface area contributed by atoms with Crippen molar-refractivity contribution >= 4 is 35.3 Å². The lowest BCUT2D eigenvalue weighted by molar-refractivity contribution is -0.130. The normalized spacial score (nSPS) is 13.8. The molecule has 2 aromatic rings. The maximum absolute atomic E-state index is 12.5. The summed E-state index contributed by atoms with van der Waals surface area (Å²) < 4.78 is 5.11. The van der Waals surface area contributed by atoms with Gasteiger partial charge in [-0.05, 0) is 30.2 Å². The monoisotopic (exact) mass is 444 g/mol. The Morgan fingerprint density at radius 3 is 2.45 bits per heavy atom. The summed E-state index contributed by atoms with van der Waals surface area (Å²) in [5.41, 5.74) is 1.49. The zero-order valence-electron chi connectivity index (χ0n) is 17.1. The van der Waals surface area contributed by atoms with E-state index in [0.717, 1.165) is 5.56 Å². The van der Waals surface area contributed by atoms with Crippen LogP contribution in [0.15, 0.2) is 54.6 Å². The summed E-state index contributed by atoms with van der Waals surface area (Å²) in [5.74, 6) is -0.214. The maximum Gasteiger partial charge on any atom is 0.407 e. The average molecular weight is 445 g/mol. The SMILES string of the molecule is O=C(NCC(=O)N1CCCN(C(=O)Nc2cccc(Cl)c2)CC1)OCc1ccccc1. The van der Waals surface area contributed by atoms with Gasteiger partial charge in [0.2, 0.25) is 5.91 Å². The molecule has 0 aromatic heterocycles. The minimum Gasteiger partial charge on any atom is -0.445 e. The molecule has 9 heteroatoms. The van der Waals surface area contributed by atoms with Gasteiger partial charge >= 0.3 is 12.1 Å². The van der Waals surface area contributed by atoms with Crippen molar-refractivity contribution in [1.82, 2.24) is 15.1 Å². The fourth-order valence-corrected chi connectivity index (χ4v) is 3.36. The summed E-state index contributed by atoms with van der Waals surface area (Å²) in [4.78, 5) is 40.1. The van der Waals surface area contributed by atoms with Crippen LogP contribution in [0.2, 0.25) is 5.02 Å². The van der Waals surface area contributed by atoms with E-state index in [4.69, 9.17) is 16.3 Å². The molecule has 2 N–H and O–H groups in total. The smallest absolute Gasteiger partial charge is 0.407 e. The van der Waals surface area contributed by atoms with E-state index < -0.39 is 6.09 Å². The maximum atomic E-state index is 12.5. The Labute approximate surface area is 186 Å². The molecule has 0 aliphatic carbocycles. The fourth-order valence-electron chi connectivity index (χ4n) is 3.17. The molecule has 0 atom stereocenters. The number of hydrogen-bond donors (Lipinski definition) is 2. The molecule has 1 fully saturated rings. The molecule has 1 heterocycles. The van der Waals surface area contributed by atoms with Crippen LogP contribution >= 0.6 is 11.6 Å². The van der Waals surface area contributed by atoms with Gasteiger partial charge in [0.25, 0.3) is 0 Å². The standard InChI is InChI=1S/C22H25ClN4O4/c23-18-8-4-9-19(14-18)25-21(29)27-11-5-10-26(12-13-27)20(28)15-24-22(30)31-16-17-6-2-1-3-7-17/h1-4,6-9,14H,5,10-13,15-16H2,(H,24,30)(H,25,29). The third kappa shape index (κ3) is 7.18. The third-order valence-electron chi connectivity index (χ3n) is 4.81. The predicted molar refractivity (Wildman–Crippen MR) is 118 cm³/mol. The average Bonchev–Trinajstić information content (AvgIpc) is 3.03. The van der Waals surface area contributed by atoms with E-state index in [1.165, 1.54) is 0 Å². The lowest BCUT2D eigenvalue weighted by Crippen LogP contribution is -2.43. The minimum absolute atomic E-state index is 0.140. The van der Waals surface area contributed by atoms with E-state index in [-0.39, 0.29) is 25.1 Å². The largest absolute Gasteiger partial charge is 0.445 e. The molecule has 0 radical (unpaired) electrons. The van der Waals surface area contributed by atoms with Crippen molar-refractivity contribution in [2.24, 2.45) is 0 Å². The van der Waals surface area contributed by atoms with Crippen molar-refractivity contribution in [3.8, 4) is 0 Å². The number of alkyl carbamates (subject to hydrolysis) is 1. The summed E-state index contributed by atoms with van der Waals surface area (Å²) in [7, 11) is 0. The van der Waals surface area contributed by atoms with Crippen LogP contribution in [-0.4, -0.2) is 60.6 Å². The van der Waals surface area contributed by atoms with Crippen LogP contribution in [0.3, 0.4) is 0 Å². The molecule has 3 rings (SSSR count). The van der Waals surface area contributed by atoms with E-state index in [2.05, 4.69) is 10.6 Å². The second-order valence-electron chi connectivity index (χ2n) is 7.08. The number of nitrogens with one attached hydrogen (secondary N) is 2. The van der Waals surface area contributed by atoms with Crippen LogP contribution in [0.5, 0.6) is 0 Å². The number of nitrogens with zero attached hydrogens (tertiary/aromatic N) is 2. The fraction of sp³-hybridized carbons (Fsp3) is 0.318. The van der Waals surface area contributed by atoms with Crippen LogP contribution < -0.4 is 10.6 Å². The second-order valence-corrected chi connectivity index (χ2v) is 7.51. The van der Waals surface area contributed by atoms with E-state index in [9.17, 15) is 14.4 Å². The first-order valence-electron chi connectivity index (χ1n) is 10.0. The van der Waals surface area contributed by atoms with Crippen molar-refractivity contribution in [3.63, 3.8) is 0 Å². The molecule has 31 heavy (non-hydrogen) atoms. The van der Waals surface area contributed by atoms with Crippen molar-refractivity contribution in [1.29, 1.82) is 0 Å². The highest BCUT2D eigenvalue weighted by molar-refractivity contribution is 6.30. The summed E-state index contributed by atoms with van der Waals surface area (Å²) in [6, 6.07) is 16.0. The number of benzene rings is 2. The highest BCUT2D eigenvalue weighted by Gasteiger charge is 2.22. The number of halogens is 1. The third-order valence-corrected chi connectivity index (χ3v) is 5.04. The number of hydrogen-bond acceptors (Lipinski definition) is 4. The molecule has 2 aromatic carbocycles. The number of carbonyl (C=O) groups excluding carboxylic acids is 3. The Bertz CT molecular complexity index is 909. The quantitative estimate of drug-likeness (QED) is 0.740. The molecular weight excluding hydrogens is 420 g/mol. The topological polar surface area (TPSA) is 91.0 Å². The van der Waals surface area contributed by atoms with Gasteiger partial charge in [0.05, 0.1) is 0 Å². The van der Waals surface area contributed by atoms with Gasteiger partial charge in [0.15, 0.2) is 0 Å². The molecule has 0 spiro atoms. The Hall–Kier alpha value is -3.26. The molecule has 164 valence electrons. The van der Waals surface area contributed by atoms with Gasteiger partial charge in [-0.1, -0.05) is 48.0 Å². The molecule has 0 bridgehead atoms. The first-order valence-corrected chi connectivity index (χ1v) is 10.4.